The van der Waals surface area contributed by atoms with Crippen molar-refractivity contribution in [1.29, 1.82) is 15.8 Å². The van der Waals surface area contributed by atoms with Gasteiger partial charge >= 0.3 is 0 Å². The molecule has 598 valence electrons. The molecule has 0 aliphatic carbocycles. The van der Waals surface area contributed by atoms with E-state index < -0.39 is 0 Å². The number of thiazole rings is 3. The van der Waals surface area contributed by atoms with Crippen molar-refractivity contribution in [2.24, 2.45) is 7.05 Å². The van der Waals surface area contributed by atoms with Crippen molar-refractivity contribution in [1.82, 2.24) is 95.0 Å². The molecule has 0 saturated heterocycles. The molecule has 27 nitrogen and oxygen atoms in total. The van der Waals surface area contributed by atoms with E-state index in [4.69, 9.17) is 86.7 Å². The maximum Gasteiger partial charge on any atom is 0.183 e. The van der Waals surface area contributed by atoms with E-state index in [1.807, 2.05) is 195 Å². The Kier molecular flexibility index (Phi) is 24.3. The summed E-state index contributed by atoms with van der Waals surface area (Å²) in [5, 5.41) is 50.5. The molecule has 20 aromatic rings. The van der Waals surface area contributed by atoms with Crippen LogP contribution in [0.4, 0.5) is 29.1 Å². The minimum absolute atomic E-state index is 0.0650. The van der Waals surface area contributed by atoms with Crippen LogP contribution in [0.3, 0.4) is 0 Å². The predicted molar refractivity (Wildman–Crippen MR) is 497 cm³/mol. The van der Waals surface area contributed by atoms with Gasteiger partial charge in [0.25, 0.3) is 0 Å². The lowest BCUT2D eigenvalue weighted by atomic mass is 10.0. The van der Waals surface area contributed by atoms with E-state index in [1.54, 1.807) is 58.0 Å². The van der Waals surface area contributed by atoms with Crippen LogP contribution in [0.25, 0.3) is 165 Å². The number of H-pyrrole nitrogens is 2. The standard InChI is InChI=1S/C18H11ClN6.C18H10ClN5S.C17H11BrClN5.C17H10BrClN4S.C16H10ClN7S/c19-13-7-11(6-12-9-22-25-15(12)13)17-16(10-4-2-1-3-5-10)24-18(21)14(8-20)23-17;19-12-6-11(7-14-17(12)22-9-25-14)16-15(10-4-2-1-3-5-10)24-18(21)13(8-20)23-16;18-16-17(20)23-14(9-4-2-1-3-5-9)15(22-16)10-6-11-8-21-24-13(11)12(19)7-10;18-16-17(20)23-13(9-4-2-1-3-5-9)14(22-16)10-6-11(19)15-12(7-10)24-8-21-15;1-24-3-2-10(23-24)15-13(21-11(6-18)16(19)22-15)8-4-9(17)14-12(5-8)25-7-20-14/h1-7,9H,(H2,21,24)(H,22,25);1-7,9H,(H2,21,24);1-8H,(H2,20,23)(H,21,24);1-8H,(H2,20,23);2-5,7H,1H3,(H2,19,22). The summed E-state index contributed by atoms with van der Waals surface area (Å²) < 4.78 is 5.55. The van der Waals surface area contributed by atoms with E-state index in [0.717, 1.165) is 114 Å². The molecule has 123 heavy (non-hydrogen) atoms. The number of nitrogens with one attached hydrogen (secondary N) is 2. The van der Waals surface area contributed by atoms with Crippen molar-refractivity contribution in [3.63, 3.8) is 0 Å². The van der Waals surface area contributed by atoms with Gasteiger partial charge in [-0.05, 0) is 98.6 Å². The quantitative estimate of drug-likeness (QED) is 0.0668. The summed E-state index contributed by atoms with van der Waals surface area (Å²) in [6, 6.07) is 65.3. The van der Waals surface area contributed by atoms with Crippen LogP contribution >= 0.6 is 124 Å². The second-order valence-electron chi connectivity index (χ2n) is 26.4. The Hall–Kier alpha value is -13.9. The summed E-state index contributed by atoms with van der Waals surface area (Å²) in [5.74, 6) is 0.961. The minimum Gasteiger partial charge on any atom is -0.381 e. The van der Waals surface area contributed by atoms with Gasteiger partial charge in [-0.3, -0.25) is 14.9 Å². The van der Waals surface area contributed by atoms with Gasteiger partial charge in [0.1, 0.15) is 44.5 Å². The number of nitriles is 3. The van der Waals surface area contributed by atoms with Crippen LogP contribution in [0.2, 0.25) is 25.1 Å². The van der Waals surface area contributed by atoms with E-state index in [1.165, 1.54) is 34.0 Å². The zero-order valence-corrected chi connectivity index (χ0v) is 72.5. The second-order valence-corrected chi connectivity index (χ2v) is 32.6. The third kappa shape index (κ3) is 17.6. The molecule has 0 aliphatic heterocycles. The monoisotopic (exact) mass is 1890 g/mol. The topological polar surface area (TPSA) is 444 Å². The van der Waals surface area contributed by atoms with Gasteiger partial charge in [-0.1, -0.05) is 179 Å². The molecular weight excluding hydrogens is 1840 g/mol. The summed E-state index contributed by atoms with van der Waals surface area (Å²) in [6.07, 6.45) is 5.21. The molecule has 20 rings (SSSR count). The van der Waals surface area contributed by atoms with Crippen LogP contribution in [0.1, 0.15) is 17.1 Å². The van der Waals surface area contributed by atoms with Crippen LogP contribution in [0, 0.1) is 34.0 Å². The SMILES string of the molecule is Cn1ccc(-c2nc(N)c(C#N)nc2-c2cc(Cl)c3ncsc3c2)n1.N#Cc1nc(-c2cc(Cl)c3[nH]ncc3c2)c(-c2ccccc2)nc1N.N#Cc1nc(-c2cc(Cl)c3ncsc3c2)c(-c2ccccc2)nc1N.Nc1nc(-c2ccccc2)c(-c2cc(Cl)c3[nH]ncc3c2)nc1Br.Nc1nc(-c2ccccc2)c(-c2cc(Cl)c3ncsc3c2)nc1Br. The minimum atomic E-state index is 0.0650. The molecule has 0 saturated carbocycles. The van der Waals surface area contributed by atoms with Gasteiger partial charge in [-0.2, -0.15) is 31.1 Å². The van der Waals surface area contributed by atoms with Crippen molar-refractivity contribution < 1.29 is 0 Å². The van der Waals surface area contributed by atoms with Crippen molar-refractivity contribution in [2.75, 3.05) is 28.7 Å². The first-order valence-corrected chi connectivity index (χ1v) is 42.2. The molecule has 9 aromatic carbocycles. The smallest absolute Gasteiger partial charge is 0.183 e. The zero-order valence-electron chi connectivity index (χ0n) is 63.1. The molecule has 0 unspecified atom stereocenters. The third-order valence-corrected chi connectivity index (χ3v) is 23.5. The van der Waals surface area contributed by atoms with Gasteiger partial charge in [0.2, 0.25) is 0 Å². The largest absolute Gasteiger partial charge is 0.381 e. The van der Waals surface area contributed by atoms with Gasteiger partial charge in [0, 0.05) is 74.1 Å². The fraction of sp³-hybridized carbons (Fsp3) is 0.0116. The Morgan fingerprint density at radius 2 is 0.626 bits per heavy atom. The number of aromatic nitrogens is 19. The highest BCUT2D eigenvalue weighted by Crippen LogP contribution is 2.43. The van der Waals surface area contributed by atoms with Crippen LogP contribution in [-0.2, 0) is 7.05 Å². The molecule has 0 radical (unpaired) electrons. The van der Waals surface area contributed by atoms with E-state index in [9.17, 15) is 15.8 Å². The molecule has 11 aromatic heterocycles. The number of nitrogens with zero attached hydrogens (tertiary/aromatic N) is 20. The fourth-order valence-corrected chi connectivity index (χ4v) is 17.1. The number of anilines is 5. The van der Waals surface area contributed by atoms with Crippen LogP contribution in [0.15, 0.2) is 232 Å². The zero-order chi connectivity index (χ0) is 85.7. The first kappa shape index (κ1) is 82.8. The molecule has 0 spiro atoms. The summed E-state index contributed by atoms with van der Waals surface area (Å²) in [7, 11) is 1.81. The van der Waals surface area contributed by atoms with E-state index in [2.05, 4.69) is 122 Å². The van der Waals surface area contributed by atoms with Crippen molar-refractivity contribution in [3.05, 3.63) is 275 Å². The lowest BCUT2D eigenvalue weighted by molar-refractivity contribution is 0.770. The number of benzene rings is 9. The Balaban J connectivity index is 0.000000114. The maximum atomic E-state index is 9.28. The predicted octanol–water partition coefficient (Wildman–Crippen LogP) is 21.7. The summed E-state index contributed by atoms with van der Waals surface area (Å²) >= 11 is 43.0. The van der Waals surface area contributed by atoms with Gasteiger partial charge in [0.05, 0.1) is 141 Å². The average Bonchev–Trinajstić information content (AvgIpc) is 1.78. The van der Waals surface area contributed by atoms with E-state index in [0.29, 0.717) is 97.2 Å². The van der Waals surface area contributed by atoms with E-state index in [-0.39, 0.29) is 34.5 Å². The first-order valence-electron chi connectivity index (χ1n) is 36.1. The molecule has 0 atom stereocenters. The molecule has 12 N–H and O–H groups in total. The van der Waals surface area contributed by atoms with Crippen molar-refractivity contribution >= 4 is 205 Å². The number of halogens is 7. The molecule has 11 heterocycles. The summed E-state index contributed by atoms with van der Waals surface area (Å²) in [6.45, 7) is 0. The number of hydrogen-bond donors (Lipinski definition) is 7. The molecule has 37 heteroatoms. The highest BCUT2D eigenvalue weighted by molar-refractivity contribution is 9.10. The van der Waals surface area contributed by atoms with Crippen molar-refractivity contribution in [3.8, 4) is 131 Å². The van der Waals surface area contributed by atoms with Crippen LogP contribution < -0.4 is 28.7 Å². The summed E-state index contributed by atoms with van der Waals surface area (Å²) in [5.41, 5.74) is 53.2. The second kappa shape index (κ2) is 36.2. The van der Waals surface area contributed by atoms with Crippen LogP contribution in [-0.4, -0.2) is 95.0 Å². The lowest BCUT2D eigenvalue weighted by Gasteiger charge is -2.11. The highest BCUT2D eigenvalue weighted by atomic mass is 79.9. The molecular formula is C86H52Br2Cl5N27S3. The van der Waals surface area contributed by atoms with Gasteiger partial charge in [-0.15, -0.1) is 34.0 Å². The lowest BCUT2D eigenvalue weighted by Crippen LogP contribution is -2.03. The normalized spacial score (nSPS) is 10.9. The van der Waals surface area contributed by atoms with E-state index >= 15 is 0 Å². The van der Waals surface area contributed by atoms with Crippen molar-refractivity contribution in [2.45, 2.75) is 0 Å². The Bertz CT molecular complexity index is 7230. The number of fused-ring (bicyclic) bond motifs is 5. The molecule has 0 amide bonds. The average molecular weight is 1900 g/mol. The Morgan fingerprint density at radius 3 is 0.943 bits per heavy atom. The van der Waals surface area contributed by atoms with Gasteiger partial charge < -0.3 is 28.7 Å². The molecule has 0 bridgehead atoms. The number of rotatable bonds is 10. The van der Waals surface area contributed by atoms with Gasteiger partial charge in [0.15, 0.2) is 46.2 Å². The molecule has 0 aliphatic rings. The Morgan fingerprint density at radius 1 is 0.341 bits per heavy atom. The third-order valence-electron chi connectivity index (χ3n) is 18.5. The number of nitrogen functional groups attached to an aromatic ring is 5. The number of aryl methyl sites for hydroxylation is 1. The Labute approximate surface area is 750 Å². The summed E-state index contributed by atoms with van der Waals surface area (Å²) in [4.78, 5) is 57.5. The number of aromatic amines is 2. The maximum absolute atomic E-state index is 9.28. The number of hydrogen-bond acceptors (Lipinski definition) is 27. The fourth-order valence-electron chi connectivity index (χ4n) is 12.8. The van der Waals surface area contributed by atoms with Crippen LogP contribution in [0.5, 0.6) is 0 Å². The van der Waals surface area contributed by atoms with Gasteiger partial charge in [-0.25, -0.2) is 64.8 Å². The highest BCUT2D eigenvalue weighted by Gasteiger charge is 2.25. The first-order chi connectivity index (χ1) is 59.7. The number of nitrogens with two attached hydrogens (primary N) is 5. The molecule has 0 fully saturated rings.